The number of nitrogens with one attached hydrogen (secondary N) is 1. The standard InChI is InChI=1S/C15H17ClN2O/c1-11(12-6-4-3-5-7-12)19-15-9-8-13(16)14(18-15)10-17-2/h3-9,11,17H,10H2,1-2H3. The molecule has 1 aromatic carbocycles. The third kappa shape index (κ3) is 3.69. The van der Waals surface area contributed by atoms with Crippen molar-refractivity contribution in [2.24, 2.45) is 0 Å². The van der Waals surface area contributed by atoms with E-state index in [2.05, 4.69) is 10.3 Å². The molecule has 2 rings (SSSR count). The molecule has 0 saturated carbocycles. The molecule has 1 unspecified atom stereocenters. The third-order valence-corrected chi connectivity index (χ3v) is 3.15. The number of hydrogen-bond acceptors (Lipinski definition) is 3. The highest BCUT2D eigenvalue weighted by Gasteiger charge is 2.09. The highest BCUT2D eigenvalue weighted by atomic mass is 35.5. The van der Waals surface area contributed by atoms with Gasteiger partial charge in [0, 0.05) is 12.6 Å². The van der Waals surface area contributed by atoms with Crippen LogP contribution in [0.2, 0.25) is 5.02 Å². The first kappa shape index (κ1) is 13.8. The zero-order valence-electron chi connectivity index (χ0n) is 11.1. The van der Waals surface area contributed by atoms with Gasteiger partial charge in [-0.25, -0.2) is 4.98 Å². The lowest BCUT2D eigenvalue weighted by Gasteiger charge is -2.15. The van der Waals surface area contributed by atoms with Crippen LogP contribution in [-0.4, -0.2) is 12.0 Å². The Bertz CT molecular complexity index is 531. The Kier molecular flexibility index (Phi) is 4.77. The average molecular weight is 277 g/mol. The number of halogens is 1. The van der Waals surface area contributed by atoms with E-state index in [0.29, 0.717) is 17.4 Å². The Morgan fingerprint density at radius 1 is 1.21 bits per heavy atom. The molecule has 0 bridgehead atoms. The lowest BCUT2D eigenvalue weighted by molar-refractivity contribution is 0.217. The van der Waals surface area contributed by atoms with Crippen LogP contribution in [0.1, 0.15) is 24.3 Å². The minimum absolute atomic E-state index is 0.0442. The molecule has 0 radical (unpaired) electrons. The van der Waals surface area contributed by atoms with Gasteiger partial charge in [0.25, 0.3) is 0 Å². The summed E-state index contributed by atoms with van der Waals surface area (Å²) in [4.78, 5) is 4.41. The van der Waals surface area contributed by atoms with Gasteiger partial charge < -0.3 is 10.1 Å². The average Bonchev–Trinajstić information content (AvgIpc) is 2.44. The fraction of sp³-hybridized carbons (Fsp3) is 0.267. The monoisotopic (exact) mass is 276 g/mol. The second kappa shape index (κ2) is 6.55. The van der Waals surface area contributed by atoms with Crippen molar-refractivity contribution in [1.82, 2.24) is 10.3 Å². The summed E-state index contributed by atoms with van der Waals surface area (Å²) in [6.45, 7) is 2.62. The van der Waals surface area contributed by atoms with Crippen molar-refractivity contribution in [3.05, 3.63) is 58.7 Å². The summed E-state index contributed by atoms with van der Waals surface area (Å²) in [6.07, 6.45) is -0.0442. The van der Waals surface area contributed by atoms with Crippen LogP contribution < -0.4 is 10.1 Å². The maximum Gasteiger partial charge on any atom is 0.214 e. The maximum atomic E-state index is 6.07. The molecule has 0 aliphatic heterocycles. The number of hydrogen-bond donors (Lipinski definition) is 1. The highest BCUT2D eigenvalue weighted by Crippen LogP contribution is 2.23. The summed E-state index contributed by atoms with van der Waals surface area (Å²) in [7, 11) is 1.86. The molecule has 1 heterocycles. The van der Waals surface area contributed by atoms with Crippen LogP contribution in [-0.2, 0) is 6.54 Å². The van der Waals surface area contributed by atoms with Crippen molar-refractivity contribution in [1.29, 1.82) is 0 Å². The van der Waals surface area contributed by atoms with Gasteiger partial charge in [0.15, 0.2) is 0 Å². The molecule has 100 valence electrons. The summed E-state index contributed by atoms with van der Waals surface area (Å²) < 4.78 is 5.84. The van der Waals surface area contributed by atoms with Crippen molar-refractivity contribution in [3.63, 3.8) is 0 Å². The molecule has 0 saturated heterocycles. The van der Waals surface area contributed by atoms with Crippen molar-refractivity contribution in [2.75, 3.05) is 7.05 Å². The molecule has 2 aromatic rings. The van der Waals surface area contributed by atoms with Crippen LogP contribution in [0.5, 0.6) is 5.88 Å². The molecule has 1 N–H and O–H groups in total. The normalized spacial score (nSPS) is 12.2. The molecule has 0 aliphatic carbocycles. The van der Waals surface area contributed by atoms with Crippen molar-refractivity contribution >= 4 is 11.6 Å². The number of pyridine rings is 1. The Morgan fingerprint density at radius 2 is 1.95 bits per heavy atom. The molecule has 19 heavy (non-hydrogen) atoms. The van der Waals surface area contributed by atoms with E-state index in [9.17, 15) is 0 Å². The SMILES string of the molecule is CNCc1nc(OC(C)c2ccccc2)ccc1Cl. The summed E-state index contributed by atoms with van der Waals surface area (Å²) in [5.74, 6) is 0.589. The van der Waals surface area contributed by atoms with Crippen molar-refractivity contribution in [3.8, 4) is 5.88 Å². The largest absolute Gasteiger partial charge is 0.470 e. The van der Waals surface area contributed by atoms with E-state index in [0.717, 1.165) is 11.3 Å². The first-order chi connectivity index (χ1) is 9.20. The molecule has 0 fully saturated rings. The minimum Gasteiger partial charge on any atom is -0.470 e. The van der Waals surface area contributed by atoms with E-state index in [4.69, 9.17) is 16.3 Å². The topological polar surface area (TPSA) is 34.2 Å². The summed E-state index contributed by atoms with van der Waals surface area (Å²) in [6, 6.07) is 13.7. The first-order valence-corrected chi connectivity index (χ1v) is 6.60. The van der Waals surface area contributed by atoms with Crippen LogP contribution >= 0.6 is 11.6 Å². The van der Waals surface area contributed by atoms with Gasteiger partial charge in [0.1, 0.15) is 6.10 Å². The number of rotatable bonds is 5. The highest BCUT2D eigenvalue weighted by molar-refractivity contribution is 6.31. The zero-order valence-corrected chi connectivity index (χ0v) is 11.8. The Labute approximate surface area is 118 Å². The summed E-state index contributed by atoms with van der Waals surface area (Å²) in [5, 5.41) is 3.68. The Morgan fingerprint density at radius 3 is 2.63 bits per heavy atom. The smallest absolute Gasteiger partial charge is 0.214 e. The fourth-order valence-corrected chi connectivity index (χ4v) is 1.97. The molecule has 0 aliphatic rings. The number of nitrogens with zero attached hydrogens (tertiary/aromatic N) is 1. The Hall–Kier alpha value is -1.58. The zero-order chi connectivity index (χ0) is 13.7. The van der Waals surface area contributed by atoms with Gasteiger partial charge in [-0.15, -0.1) is 0 Å². The van der Waals surface area contributed by atoms with E-state index in [-0.39, 0.29) is 6.10 Å². The van der Waals surface area contributed by atoms with E-state index < -0.39 is 0 Å². The van der Waals surface area contributed by atoms with Crippen LogP contribution in [0.3, 0.4) is 0 Å². The second-order valence-corrected chi connectivity index (χ2v) is 4.69. The predicted molar refractivity (Wildman–Crippen MR) is 77.5 cm³/mol. The van der Waals surface area contributed by atoms with Gasteiger partial charge in [-0.1, -0.05) is 41.9 Å². The van der Waals surface area contributed by atoms with Gasteiger partial charge in [0.2, 0.25) is 5.88 Å². The molecule has 4 heteroatoms. The van der Waals surface area contributed by atoms with Crippen molar-refractivity contribution < 1.29 is 4.74 Å². The molecule has 1 atom stereocenters. The third-order valence-electron chi connectivity index (χ3n) is 2.80. The maximum absolute atomic E-state index is 6.07. The molecular formula is C15H17ClN2O. The van der Waals surface area contributed by atoms with Gasteiger partial charge in [-0.2, -0.15) is 0 Å². The van der Waals surface area contributed by atoms with E-state index in [1.54, 1.807) is 6.07 Å². The molecular weight excluding hydrogens is 260 g/mol. The lowest BCUT2D eigenvalue weighted by Crippen LogP contribution is -2.09. The van der Waals surface area contributed by atoms with E-state index in [1.165, 1.54) is 0 Å². The summed E-state index contributed by atoms with van der Waals surface area (Å²) >= 11 is 6.07. The van der Waals surface area contributed by atoms with Crippen LogP contribution in [0.25, 0.3) is 0 Å². The lowest BCUT2D eigenvalue weighted by atomic mass is 10.1. The number of benzene rings is 1. The Balaban J connectivity index is 2.13. The van der Waals surface area contributed by atoms with Crippen LogP contribution in [0.15, 0.2) is 42.5 Å². The molecule has 3 nitrogen and oxygen atoms in total. The number of ether oxygens (including phenoxy) is 1. The van der Waals surface area contributed by atoms with Crippen LogP contribution in [0.4, 0.5) is 0 Å². The predicted octanol–water partition coefficient (Wildman–Crippen LogP) is 3.59. The van der Waals surface area contributed by atoms with E-state index in [1.807, 2.05) is 50.4 Å². The van der Waals surface area contributed by atoms with Gasteiger partial charge in [0.05, 0.1) is 10.7 Å². The van der Waals surface area contributed by atoms with Gasteiger partial charge in [-0.3, -0.25) is 0 Å². The van der Waals surface area contributed by atoms with Crippen molar-refractivity contribution in [2.45, 2.75) is 19.6 Å². The quantitative estimate of drug-likeness (QED) is 0.906. The van der Waals surface area contributed by atoms with Crippen LogP contribution in [0, 0.1) is 0 Å². The van der Waals surface area contributed by atoms with E-state index >= 15 is 0 Å². The summed E-state index contributed by atoms with van der Waals surface area (Å²) in [5.41, 5.74) is 1.91. The van der Waals surface area contributed by atoms with Gasteiger partial charge >= 0.3 is 0 Å². The first-order valence-electron chi connectivity index (χ1n) is 6.22. The minimum atomic E-state index is -0.0442. The molecule has 0 amide bonds. The molecule has 0 spiro atoms. The number of aromatic nitrogens is 1. The van der Waals surface area contributed by atoms with Gasteiger partial charge in [-0.05, 0) is 25.6 Å². The second-order valence-electron chi connectivity index (χ2n) is 4.28. The molecule has 1 aromatic heterocycles. The fourth-order valence-electron chi connectivity index (χ4n) is 1.79.